The Hall–Kier alpha value is -2.17. The molecule has 1 fully saturated rings. The highest BCUT2D eigenvalue weighted by atomic mass is 35.5. The molecule has 3 rings (SSSR count). The molecule has 5 heteroatoms. The molecule has 0 radical (unpaired) electrons. The van der Waals surface area contributed by atoms with Crippen LogP contribution in [0.4, 0.5) is 0 Å². The lowest BCUT2D eigenvalue weighted by Gasteiger charge is -2.40. The predicted octanol–water partition coefficient (Wildman–Crippen LogP) is 3.88. The van der Waals surface area contributed by atoms with Gasteiger partial charge in [0.1, 0.15) is 5.15 Å². The fourth-order valence-corrected chi connectivity index (χ4v) is 3.23. The third-order valence-electron chi connectivity index (χ3n) is 4.15. The number of amides is 1. The van der Waals surface area contributed by atoms with E-state index in [4.69, 9.17) is 16.3 Å². The Morgan fingerprint density at radius 3 is 2.79 bits per heavy atom. The number of rotatable bonds is 3. The van der Waals surface area contributed by atoms with Crippen molar-refractivity contribution in [3.8, 4) is 11.3 Å². The molecule has 124 valence electrons. The highest BCUT2D eigenvalue weighted by Gasteiger charge is 2.32. The van der Waals surface area contributed by atoms with Gasteiger partial charge < -0.3 is 9.64 Å². The molecule has 2 heterocycles. The van der Waals surface area contributed by atoms with Crippen LogP contribution in [0.15, 0.2) is 55.1 Å². The van der Waals surface area contributed by atoms with Crippen molar-refractivity contribution >= 4 is 17.5 Å². The summed E-state index contributed by atoms with van der Waals surface area (Å²) in [6.07, 6.45) is 1.34. The van der Waals surface area contributed by atoms with Gasteiger partial charge in [0.15, 0.2) is 0 Å². The summed E-state index contributed by atoms with van der Waals surface area (Å²) in [5.41, 5.74) is 2.67. The van der Waals surface area contributed by atoms with Crippen molar-refractivity contribution in [3.05, 3.63) is 65.8 Å². The van der Waals surface area contributed by atoms with Gasteiger partial charge in [0.05, 0.1) is 31.0 Å². The van der Waals surface area contributed by atoms with Crippen molar-refractivity contribution < 1.29 is 9.53 Å². The van der Waals surface area contributed by atoms with Crippen LogP contribution < -0.4 is 0 Å². The smallest absolute Gasteiger partial charge is 0.246 e. The van der Waals surface area contributed by atoms with E-state index >= 15 is 0 Å². The van der Waals surface area contributed by atoms with Gasteiger partial charge in [0, 0.05) is 5.56 Å². The van der Waals surface area contributed by atoms with Crippen molar-refractivity contribution in [3.63, 3.8) is 0 Å². The van der Waals surface area contributed by atoms with E-state index in [2.05, 4.69) is 11.6 Å². The first kappa shape index (κ1) is 16.7. The van der Waals surface area contributed by atoms with Crippen LogP contribution in [0.2, 0.25) is 5.15 Å². The molecule has 0 aliphatic carbocycles. The lowest BCUT2D eigenvalue weighted by atomic mass is 10.0. The van der Waals surface area contributed by atoms with E-state index in [1.807, 2.05) is 43.3 Å². The highest BCUT2D eigenvalue weighted by molar-refractivity contribution is 6.29. The average molecular weight is 343 g/mol. The fraction of sp³-hybridized carbons (Fsp3) is 0.263. The van der Waals surface area contributed by atoms with Gasteiger partial charge in [-0.1, -0.05) is 48.5 Å². The van der Waals surface area contributed by atoms with E-state index in [1.165, 1.54) is 6.08 Å². The second-order valence-electron chi connectivity index (χ2n) is 5.83. The molecular formula is C19H19ClN2O2. The number of aromatic nitrogens is 1. The molecule has 1 amide bonds. The van der Waals surface area contributed by atoms with Crippen LogP contribution in [-0.4, -0.2) is 35.0 Å². The number of ether oxygens (including phenoxy) is 1. The minimum absolute atomic E-state index is 0.0265. The second-order valence-corrected chi connectivity index (χ2v) is 6.21. The minimum atomic E-state index is -0.206. The Balaban J connectivity index is 2.03. The number of benzene rings is 1. The first-order chi connectivity index (χ1) is 11.6. The molecule has 0 N–H and O–H groups in total. The number of hydrogen-bond acceptors (Lipinski definition) is 3. The van der Waals surface area contributed by atoms with Crippen LogP contribution in [0.5, 0.6) is 0 Å². The van der Waals surface area contributed by atoms with Crippen LogP contribution in [0, 0.1) is 0 Å². The molecule has 2 atom stereocenters. The number of nitrogens with zero attached hydrogens (tertiary/aromatic N) is 2. The van der Waals surface area contributed by atoms with Gasteiger partial charge in [-0.25, -0.2) is 4.98 Å². The van der Waals surface area contributed by atoms with E-state index in [-0.39, 0.29) is 18.0 Å². The third-order valence-corrected chi connectivity index (χ3v) is 4.34. The van der Waals surface area contributed by atoms with Crippen molar-refractivity contribution in [1.29, 1.82) is 0 Å². The zero-order valence-electron chi connectivity index (χ0n) is 13.5. The first-order valence-electron chi connectivity index (χ1n) is 7.85. The van der Waals surface area contributed by atoms with Crippen LogP contribution >= 0.6 is 11.6 Å². The summed E-state index contributed by atoms with van der Waals surface area (Å²) in [5.74, 6) is -0.106. The summed E-state index contributed by atoms with van der Waals surface area (Å²) in [5, 5.41) is 0.399. The lowest BCUT2D eigenvalue weighted by molar-refractivity contribution is -0.140. The first-order valence-corrected chi connectivity index (χ1v) is 8.23. The van der Waals surface area contributed by atoms with Gasteiger partial charge in [-0.05, 0) is 30.7 Å². The summed E-state index contributed by atoms with van der Waals surface area (Å²) < 4.78 is 5.67. The summed E-state index contributed by atoms with van der Waals surface area (Å²) in [4.78, 5) is 18.5. The molecule has 0 saturated carbocycles. The molecular weight excluding hydrogens is 324 g/mol. The number of carbonyl (C=O) groups excluding carboxylic acids is 1. The maximum atomic E-state index is 12.3. The zero-order chi connectivity index (χ0) is 17.1. The van der Waals surface area contributed by atoms with Crippen LogP contribution in [0.1, 0.15) is 18.5 Å². The van der Waals surface area contributed by atoms with Gasteiger partial charge in [-0.15, -0.1) is 0 Å². The Labute approximate surface area is 146 Å². The molecule has 1 aromatic heterocycles. The molecule has 0 bridgehead atoms. The van der Waals surface area contributed by atoms with E-state index in [9.17, 15) is 4.79 Å². The second kappa shape index (κ2) is 7.16. The van der Waals surface area contributed by atoms with Crippen LogP contribution in [0.25, 0.3) is 11.3 Å². The van der Waals surface area contributed by atoms with E-state index in [1.54, 1.807) is 11.0 Å². The van der Waals surface area contributed by atoms with Crippen molar-refractivity contribution in [2.75, 3.05) is 13.2 Å². The van der Waals surface area contributed by atoms with E-state index in [0.717, 1.165) is 16.8 Å². The number of pyridine rings is 1. The van der Waals surface area contributed by atoms with Gasteiger partial charge in [-0.3, -0.25) is 4.79 Å². The van der Waals surface area contributed by atoms with Crippen molar-refractivity contribution in [2.24, 2.45) is 0 Å². The van der Waals surface area contributed by atoms with Gasteiger partial charge in [-0.2, -0.15) is 0 Å². The average Bonchev–Trinajstić information content (AvgIpc) is 2.61. The maximum Gasteiger partial charge on any atom is 0.246 e. The van der Waals surface area contributed by atoms with Crippen molar-refractivity contribution in [1.82, 2.24) is 9.88 Å². The third kappa shape index (κ3) is 3.35. The van der Waals surface area contributed by atoms with Crippen molar-refractivity contribution in [2.45, 2.75) is 19.0 Å². The van der Waals surface area contributed by atoms with Gasteiger partial charge in [0.25, 0.3) is 0 Å². The molecule has 0 unspecified atom stereocenters. The normalized spacial score (nSPS) is 20.7. The number of morpholine rings is 1. The number of halogens is 1. The van der Waals surface area contributed by atoms with Crippen LogP contribution in [-0.2, 0) is 9.53 Å². The highest BCUT2D eigenvalue weighted by Crippen LogP contribution is 2.31. The standard InChI is InChI=1S/C19H19ClN2O2/c1-3-19(23)22-13(2)11-24-12-17(22)15-9-16(21-18(20)10-15)14-7-5-4-6-8-14/h3-10,13,17H,1,11-12H2,2H3/t13-,17+/m1/s1. The molecule has 1 aliphatic rings. The van der Waals surface area contributed by atoms with Gasteiger partial charge >= 0.3 is 0 Å². The largest absolute Gasteiger partial charge is 0.377 e. The Morgan fingerprint density at radius 2 is 2.08 bits per heavy atom. The molecule has 4 nitrogen and oxygen atoms in total. The number of hydrogen-bond donors (Lipinski definition) is 0. The molecule has 0 spiro atoms. The Kier molecular flexibility index (Phi) is 4.97. The van der Waals surface area contributed by atoms with Gasteiger partial charge in [0.2, 0.25) is 5.91 Å². The molecule has 24 heavy (non-hydrogen) atoms. The topological polar surface area (TPSA) is 42.4 Å². The zero-order valence-corrected chi connectivity index (χ0v) is 14.2. The fourth-order valence-electron chi connectivity index (χ4n) is 3.02. The quantitative estimate of drug-likeness (QED) is 0.628. The molecule has 1 saturated heterocycles. The summed E-state index contributed by atoms with van der Waals surface area (Å²) in [6.45, 7) is 6.52. The Morgan fingerprint density at radius 1 is 1.33 bits per heavy atom. The van der Waals surface area contributed by atoms with E-state index < -0.39 is 0 Å². The minimum Gasteiger partial charge on any atom is -0.377 e. The molecule has 1 aliphatic heterocycles. The maximum absolute atomic E-state index is 12.3. The summed E-state index contributed by atoms with van der Waals surface area (Å²) >= 11 is 6.24. The van der Waals surface area contributed by atoms with E-state index in [0.29, 0.717) is 18.4 Å². The van der Waals surface area contributed by atoms with Crippen LogP contribution in [0.3, 0.4) is 0 Å². The predicted molar refractivity (Wildman–Crippen MR) is 94.7 cm³/mol. The summed E-state index contributed by atoms with van der Waals surface area (Å²) in [6, 6.07) is 13.4. The monoisotopic (exact) mass is 342 g/mol. The number of carbonyl (C=O) groups is 1. The lowest BCUT2D eigenvalue weighted by Crippen LogP contribution is -2.48. The molecule has 1 aromatic carbocycles. The Bertz CT molecular complexity index is 748. The summed E-state index contributed by atoms with van der Waals surface area (Å²) in [7, 11) is 0. The molecule has 2 aromatic rings. The SMILES string of the molecule is C=CC(=O)N1[C@H](C)COC[C@H]1c1cc(Cl)nc(-c2ccccc2)c1.